The van der Waals surface area contributed by atoms with Crippen molar-refractivity contribution in [3.8, 4) is 6.07 Å². The average Bonchev–Trinajstić information content (AvgIpc) is 2.35. The number of carbonyl (C=O) groups excluding carboxylic acids is 2. The van der Waals surface area contributed by atoms with Gasteiger partial charge in [-0.15, -0.1) is 0 Å². The van der Waals surface area contributed by atoms with Gasteiger partial charge >= 0.3 is 12.1 Å². The molecule has 0 aliphatic rings. The third-order valence-corrected chi connectivity index (χ3v) is 2.26. The van der Waals surface area contributed by atoms with E-state index in [1.54, 1.807) is 0 Å². The number of ether oxygens (including phenoxy) is 1. The molecule has 0 spiro atoms. The van der Waals surface area contributed by atoms with Crippen LogP contribution in [0.1, 0.15) is 38.8 Å². The average molecular weight is 271 g/mol. The molecule has 0 bridgehead atoms. The minimum Gasteiger partial charge on any atom is -0.462 e. The number of rotatable bonds is 3. The van der Waals surface area contributed by atoms with Crippen molar-refractivity contribution in [3.63, 3.8) is 0 Å². The van der Waals surface area contributed by atoms with Crippen molar-refractivity contribution in [2.24, 2.45) is 0 Å². The molecule has 1 rings (SSSR count). The number of hydrogen-bond donors (Lipinski definition) is 0. The molecular weight excluding hydrogens is 263 g/mol. The first-order valence-electron chi connectivity index (χ1n) is 5.13. The first-order valence-corrected chi connectivity index (χ1v) is 5.13. The number of alkyl halides is 3. The monoisotopic (exact) mass is 271 g/mol. The maximum atomic E-state index is 12.8. The van der Waals surface area contributed by atoms with Crippen LogP contribution < -0.4 is 0 Å². The van der Waals surface area contributed by atoms with Gasteiger partial charge in [0.15, 0.2) is 6.29 Å². The highest BCUT2D eigenvalue weighted by Gasteiger charge is 2.38. The number of nitriles is 1. The maximum Gasteiger partial charge on any atom is 0.417 e. The molecule has 100 valence electrons. The van der Waals surface area contributed by atoms with Gasteiger partial charge in [0, 0.05) is 5.56 Å². The number of esters is 1. The van der Waals surface area contributed by atoms with Crippen LogP contribution in [0.15, 0.2) is 12.1 Å². The zero-order valence-electron chi connectivity index (χ0n) is 9.75. The Kier molecular flexibility index (Phi) is 4.27. The van der Waals surface area contributed by atoms with Crippen molar-refractivity contribution >= 4 is 12.3 Å². The van der Waals surface area contributed by atoms with Crippen LogP contribution in [0.3, 0.4) is 0 Å². The van der Waals surface area contributed by atoms with Crippen molar-refractivity contribution in [3.05, 3.63) is 34.4 Å². The van der Waals surface area contributed by atoms with E-state index in [2.05, 4.69) is 4.74 Å². The summed E-state index contributed by atoms with van der Waals surface area (Å²) < 4.78 is 42.9. The predicted octanol–water partition coefficient (Wildman–Crippen LogP) is 2.57. The highest BCUT2D eigenvalue weighted by atomic mass is 19.4. The molecule has 0 atom stereocenters. The Morgan fingerprint density at radius 3 is 2.53 bits per heavy atom. The van der Waals surface area contributed by atoms with Gasteiger partial charge in [0.25, 0.3) is 0 Å². The van der Waals surface area contributed by atoms with Crippen LogP contribution in [-0.4, -0.2) is 18.9 Å². The van der Waals surface area contributed by atoms with E-state index in [4.69, 9.17) is 5.26 Å². The van der Waals surface area contributed by atoms with Crippen molar-refractivity contribution in [2.75, 3.05) is 6.61 Å². The number of carbonyl (C=O) groups is 2. The summed E-state index contributed by atoms with van der Waals surface area (Å²) in [6.07, 6.45) is -4.61. The first kappa shape index (κ1) is 14.7. The summed E-state index contributed by atoms with van der Waals surface area (Å²) in [4.78, 5) is 22.3. The van der Waals surface area contributed by atoms with Gasteiger partial charge in [-0.3, -0.25) is 4.79 Å². The van der Waals surface area contributed by atoms with E-state index >= 15 is 0 Å². The first-order chi connectivity index (χ1) is 8.86. The molecule has 4 nitrogen and oxygen atoms in total. The number of halogens is 3. The minimum absolute atomic E-state index is 0.147. The fourth-order valence-corrected chi connectivity index (χ4v) is 1.49. The van der Waals surface area contributed by atoms with E-state index in [-0.39, 0.29) is 18.5 Å². The Morgan fingerprint density at radius 2 is 2.11 bits per heavy atom. The molecular formula is C12H8F3NO3. The largest absolute Gasteiger partial charge is 0.462 e. The minimum atomic E-state index is -4.82. The molecule has 0 aliphatic carbocycles. The SMILES string of the molecule is CCOC(=O)c1c(C(F)(F)F)ccc(C=O)c1C#N. The zero-order chi connectivity index (χ0) is 14.6. The Morgan fingerprint density at radius 1 is 1.47 bits per heavy atom. The fourth-order valence-electron chi connectivity index (χ4n) is 1.49. The van der Waals surface area contributed by atoms with E-state index in [9.17, 15) is 22.8 Å². The molecule has 7 heteroatoms. The molecule has 0 aliphatic heterocycles. The van der Waals surface area contributed by atoms with E-state index < -0.39 is 28.8 Å². The third-order valence-electron chi connectivity index (χ3n) is 2.26. The maximum absolute atomic E-state index is 12.8. The van der Waals surface area contributed by atoms with Gasteiger partial charge in [0.2, 0.25) is 0 Å². The second-order valence-electron chi connectivity index (χ2n) is 3.40. The predicted molar refractivity (Wildman–Crippen MR) is 57.5 cm³/mol. The van der Waals surface area contributed by atoms with Gasteiger partial charge in [-0.05, 0) is 19.1 Å². The lowest BCUT2D eigenvalue weighted by atomic mass is 9.96. The summed E-state index contributed by atoms with van der Waals surface area (Å²) in [6, 6.07) is 2.86. The number of nitrogens with zero attached hydrogens (tertiary/aromatic N) is 1. The molecule has 0 unspecified atom stereocenters. The van der Waals surface area contributed by atoms with Crippen molar-refractivity contribution in [2.45, 2.75) is 13.1 Å². The molecule has 1 aromatic rings. The summed E-state index contributed by atoms with van der Waals surface area (Å²) in [5.41, 5.74) is -3.16. The molecule has 0 saturated heterocycles. The number of hydrogen-bond acceptors (Lipinski definition) is 4. The summed E-state index contributed by atoms with van der Waals surface area (Å²) >= 11 is 0. The third kappa shape index (κ3) is 2.91. The van der Waals surface area contributed by atoms with Gasteiger partial charge in [0.05, 0.1) is 23.3 Å². The van der Waals surface area contributed by atoms with E-state index in [1.807, 2.05) is 0 Å². The zero-order valence-corrected chi connectivity index (χ0v) is 9.75. The molecule has 19 heavy (non-hydrogen) atoms. The molecule has 0 aromatic heterocycles. The van der Waals surface area contributed by atoms with Crippen LogP contribution in [-0.2, 0) is 10.9 Å². The quantitative estimate of drug-likeness (QED) is 0.626. The smallest absolute Gasteiger partial charge is 0.417 e. The van der Waals surface area contributed by atoms with Crippen LogP contribution in [0.2, 0.25) is 0 Å². The van der Waals surface area contributed by atoms with Gasteiger partial charge in [-0.1, -0.05) is 0 Å². The lowest BCUT2D eigenvalue weighted by Crippen LogP contribution is -2.18. The number of benzene rings is 1. The van der Waals surface area contributed by atoms with E-state index in [0.29, 0.717) is 6.07 Å². The summed E-state index contributed by atoms with van der Waals surface area (Å²) in [6.45, 7) is 1.27. The Bertz CT molecular complexity index is 559. The molecule has 0 fully saturated rings. The molecule has 0 N–H and O–H groups in total. The lowest BCUT2D eigenvalue weighted by molar-refractivity contribution is -0.138. The molecule has 0 radical (unpaired) electrons. The highest BCUT2D eigenvalue weighted by Crippen LogP contribution is 2.34. The summed E-state index contributed by atoms with van der Waals surface area (Å²) in [5, 5.41) is 8.85. The molecule has 0 amide bonds. The highest BCUT2D eigenvalue weighted by molar-refractivity contribution is 5.97. The normalized spacial score (nSPS) is 10.7. The standard InChI is InChI=1S/C12H8F3NO3/c1-2-19-11(18)10-8(5-16)7(6-17)3-4-9(10)12(13,14)15/h3-4,6H,2H2,1H3. The van der Waals surface area contributed by atoms with Crippen LogP contribution in [0, 0.1) is 11.3 Å². The van der Waals surface area contributed by atoms with Crippen LogP contribution in [0.25, 0.3) is 0 Å². The second kappa shape index (κ2) is 5.52. The van der Waals surface area contributed by atoms with Gasteiger partial charge < -0.3 is 4.74 Å². The van der Waals surface area contributed by atoms with Crippen molar-refractivity contribution < 1.29 is 27.5 Å². The fraction of sp³-hybridized carbons (Fsp3) is 0.250. The second-order valence-corrected chi connectivity index (χ2v) is 3.40. The number of aldehydes is 1. The van der Waals surface area contributed by atoms with Crippen LogP contribution in [0.5, 0.6) is 0 Å². The summed E-state index contributed by atoms with van der Waals surface area (Å²) in [5.74, 6) is -1.28. The lowest BCUT2D eigenvalue weighted by Gasteiger charge is -2.14. The van der Waals surface area contributed by atoms with Crippen molar-refractivity contribution in [1.29, 1.82) is 5.26 Å². The molecule has 0 saturated carbocycles. The van der Waals surface area contributed by atoms with Gasteiger partial charge in [0.1, 0.15) is 6.07 Å². The van der Waals surface area contributed by atoms with Gasteiger partial charge in [-0.2, -0.15) is 18.4 Å². The Labute approximate surface area is 106 Å². The Hall–Kier alpha value is -2.36. The molecule has 0 heterocycles. The summed E-state index contributed by atoms with van der Waals surface area (Å²) in [7, 11) is 0. The van der Waals surface area contributed by atoms with E-state index in [1.165, 1.54) is 13.0 Å². The van der Waals surface area contributed by atoms with Crippen LogP contribution >= 0.6 is 0 Å². The van der Waals surface area contributed by atoms with Crippen molar-refractivity contribution in [1.82, 2.24) is 0 Å². The Balaban J connectivity index is 3.64. The topological polar surface area (TPSA) is 67.2 Å². The molecule has 1 aromatic carbocycles. The van der Waals surface area contributed by atoms with Gasteiger partial charge in [-0.25, -0.2) is 4.79 Å². The van der Waals surface area contributed by atoms with E-state index in [0.717, 1.165) is 6.07 Å². The van der Waals surface area contributed by atoms with Crippen LogP contribution in [0.4, 0.5) is 13.2 Å².